The summed E-state index contributed by atoms with van der Waals surface area (Å²) in [6.45, 7) is 8.79. The standard InChI is InChI=1S/C15H26N2O/c1-6-17(12(2)3)11-15(16-4)13-7-9-14(18-5)10-8-13/h7-10,12,15-16H,6,11H2,1-5H3. The van der Waals surface area contributed by atoms with Crippen molar-refractivity contribution in [3.05, 3.63) is 29.8 Å². The number of nitrogens with zero attached hydrogens (tertiary/aromatic N) is 1. The molecule has 1 aromatic carbocycles. The van der Waals surface area contributed by atoms with Crippen molar-refractivity contribution < 1.29 is 4.74 Å². The summed E-state index contributed by atoms with van der Waals surface area (Å²) in [5, 5.41) is 3.39. The van der Waals surface area contributed by atoms with E-state index in [1.807, 2.05) is 19.2 Å². The molecular formula is C15H26N2O. The lowest BCUT2D eigenvalue weighted by atomic mass is 10.1. The molecule has 0 fully saturated rings. The third-order valence-electron chi connectivity index (χ3n) is 3.42. The van der Waals surface area contributed by atoms with Crippen LogP contribution in [0.3, 0.4) is 0 Å². The van der Waals surface area contributed by atoms with Gasteiger partial charge in [-0.2, -0.15) is 0 Å². The van der Waals surface area contributed by atoms with Crippen LogP contribution in [-0.4, -0.2) is 38.2 Å². The molecule has 3 nitrogen and oxygen atoms in total. The monoisotopic (exact) mass is 250 g/mol. The van der Waals surface area contributed by atoms with Gasteiger partial charge < -0.3 is 10.1 Å². The topological polar surface area (TPSA) is 24.5 Å². The second kappa shape index (κ2) is 7.39. The van der Waals surface area contributed by atoms with Crippen LogP contribution in [0.25, 0.3) is 0 Å². The highest BCUT2D eigenvalue weighted by Gasteiger charge is 2.15. The van der Waals surface area contributed by atoms with E-state index in [4.69, 9.17) is 4.74 Å². The van der Waals surface area contributed by atoms with Gasteiger partial charge in [-0.05, 0) is 45.1 Å². The van der Waals surface area contributed by atoms with E-state index in [2.05, 4.69) is 43.1 Å². The first-order valence-corrected chi connectivity index (χ1v) is 6.67. The Morgan fingerprint density at radius 1 is 1.22 bits per heavy atom. The van der Waals surface area contributed by atoms with Crippen LogP contribution in [0.2, 0.25) is 0 Å². The summed E-state index contributed by atoms with van der Waals surface area (Å²) < 4.78 is 5.19. The Morgan fingerprint density at radius 2 is 1.83 bits per heavy atom. The quantitative estimate of drug-likeness (QED) is 0.805. The molecule has 0 aliphatic carbocycles. The lowest BCUT2D eigenvalue weighted by molar-refractivity contribution is 0.210. The zero-order valence-corrected chi connectivity index (χ0v) is 12.2. The number of rotatable bonds is 7. The molecule has 1 N–H and O–H groups in total. The van der Waals surface area contributed by atoms with Crippen LogP contribution in [0.1, 0.15) is 32.4 Å². The normalized spacial score (nSPS) is 13.1. The molecule has 1 unspecified atom stereocenters. The molecule has 0 aromatic heterocycles. The SMILES string of the molecule is CCN(CC(NC)c1ccc(OC)cc1)C(C)C. The first-order valence-electron chi connectivity index (χ1n) is 6.67. The number of benzene rings is 1. The molecule has 0 heterocycles. The van der Waals surface area contributed by atoms with Crippen molar-refractivity contribution in [1.29, 1.82) is 0 Å². The summed E-state index contributed by atoms with van der Waals surface area (Å²) in [6.07, 6.45) is 0. The zero-order chi connectivity index (χ0) is 13.5. The van der Waals surface area contributed by atoms with E-state index < -0.39 is 0 Å². The fraction of sp³-hybridized carbons (Fsp3) is 0.600. The predicted octanol–water partition coefficient (Wildman–Crippen LogP) is 2.69. The molecule has 0 saturated carbocycles. The summed E-state index contributed by atoms with van der Waals surface area (Å²) >= 11 is 0. The number of methoxy groups -OCH3 is 1. The van der Waals surface area contributed by atoms with E-state index >= 15 is 0 Å². The van der Waals surface area contributed by atoms with Gasteiger partial charge in [0.05, 0.1) is 7.11 Å². The van der Waals surface area contributed by atoms with E-state index in [-0.39, 0.29) is 0 Å². The second-order valence-electron chi connectivity index (χ2n) is 4.80. The summed E-state index contributed by atoms with van der Waals surface area (Å²) in [4.78, 5) is 2.46. The Bertz CT molecular complexity index is 335. The Balaban J connectivity index is 2.75. The van der Waals surface area contributed by atoms with Crippen molar-refractivity contribution in [2.24, 2.45) is 0 Å². The third-order valence-corrected chi connectivity index (χ3v) is 3.42. The summed E-state index contributed by atoms with van der Waals surface area (Å²) in [6, 6.07) is 9.24. The first-order chi connectivity index (χ1) is 8.62. The largest absolute Gasteiger partial charge is 0.497 e. The minimum absolute atomic E-state index is 0.359. The van der Waals surface area contributed by atoms with Gasteiger partial charge in [-0.25, -0.2) is 0 Å². The fourth-order valence-electron chi connectivity index (χ4n) is 2.14. The molecule has 1 atom stereocenters. The lowest BCUT2D eigenvalue weighted by Crippen LogP contribution is -2.38. The van der Waals surface area contributed by atoms with Gasteiger partial charge in [-0.1, -0.05) is 19.1 Å². The van der Waals surface area contributed by atoms with Crippen molar-refractivity contribution >= 4 is 0 Å². The second-order valence-corrected chi connectivity index (χ2v) is 4.80. The van der Waals surface area contributed by atoms with Crippen LogP contribution >= 0.6 is 0 Å². The molecule has 1 rings (SSSR count). The minimum atomic E-state index is 0.359. The molecule has 0 radical (unpaired) electrons. The molecule has 0 spiro atoms. The molecule has 18 heavy (non-hydrogen) atoms. The Hall–Kier alpha value is -1.06. The van der Waals surface area contributed by atoms with E-state index in [0.29, 0.717) is 12.1 Å². The van der Waals surface area contributed by atoms with E-state index in [0.717, 1.165) is 18.8 Å². The third kappa shape index (κ3) is 4.00. The highest BCUT2D eigenvalue weighted by atomic mass is 16.5. The van der Waals surface area contributed by atoms with Gasteiger partial charge in [0.1, 0.15) is 5.75 Å². The van der Waals surface area contributed by atoms with E-state index in [9.17, 15) is 0 Å². The highest BCUT2D eigenvalue weighted by molar-refractivity contribution is 5.29. The first kappa shape index (κ1) is 15.0. The molecule has 0 amide bonds. The van der Waals surface area contributed by atoms with E-state index in [1.54, 1.807) is 7.11 Å². The maximum atomic E-state index is 5.19. The molecule has 0 aliphatic heterocycles. The van der Waals surface area contributed by atoms with Crippen LogP contribution in [0.4, 0.5) is 0 Å². The Kier molecular flexibility index (Phi) is 6.16. The van der Waals surface area contributed by atoms with Crippen LogP contribution < -0.4 is 10.1 Å². The van der Waals surface area contributed by atoms with Crippen LogP contribution in [0, 0.1) is 0 Å². The minimum Gasteiger partial charge on any atom is -0.497 e. The molecule has 1 aromatic rings. The van der Waals surface area contributed by atoms with Crippen molar-refractivity contribution in [3.8, 4) is 5.75 Å². The Labute approximate surface area is 111 Å². The van der Waals surface area contributed by atoms with Gasteiger partial charge in [0.25, 0.3) is 0 Å². The number of hydrogen-bond donors (Lipinski definition) is 1. The van der Waals surface area contributed by atoms with Gasteiger partial charge in [-0.15, -0.1) is 0 Å². The van der Waals surface area contributed by atoms with Gasteiger partial charge in [0, 0.05) is 18.6 Å². The van der Waals surface area contributed by atoms with Gasteiger partial charge >= 0.3 is 0 Å². The van der Waals surface area contributed by atoms with Crippen LogP contribution in [-0.2, 0) is 0 Å². The van der Waals surface area contributed by atoms with Crippen molar-refractivity contribution in [1.82, 2.24) is 10.2 Å². The van der Waals surface area contributed by atoms with Crippen molar-refractivity contribution in [2.45, 2.75) is 32.9 Å². The molecule has 0 bridgehead atoms. The average molecular weight is 250 g/mol. The fourth-order valence-corrected chi connectivity index (χ4v) is 2.14. The predicted molar refractivity (Wildman–Crippen MR) is 77.2 cm³/mol. The maximum Gasteiger partial charge on any atom is 0.118 e. The number of ether oxygens (including phenoxy) is 1. The summed E-state index contributed by atoms with van der Waals surface area (Å²) in [5.41, 5.74) is 1.30. The summed E-state index contributed by atoms with van der Waals surface area (Å²) in [7, 11) is 3.71. The average Bonchev–Trinajstić information content (AvgIpc) is 2.40. The van der Waals surface area contributed by atoms with E-state index in [1.165, 1.54) is 5.56 Å². The Morgan fingerprint density at radius 3 is 2.22 bits per heavy atom. The van der Waals surface area contributed by atoms with Crippen molar-refractivity contribution in [3.63, 3.8) is 0 Å². The number of likely N-dealkylation sites (N-methyl/N-ethyl adjacent to an activating group) is 2. The maximum absolute atomic E-state index is 5.19. The van der Waals surface area contributed by atoms with Gasteiger partial charge in [0.2, 0.25) is 0 Å². The van der Waals surface area contributed by atoms with Crippen molar-refractivity contribution in [2.75, 3.05) is 27.2 Å². The number of hydrogen-bond acceptors (Lipinski definition) is 3. The molecule has 0 saturated heterocycles. The molecular weight excluding hydrogens is 224 g/mol. The molecule has 102 valence electrons. The zero-order valence-electron chi connectivity index (χ0n) is 12.2. The van der Waals surface area contributed by atoms with Gasteiger partial charge in [0.15, 0.2) is 0 Å². The molecule has 3 heteroatoms. The highest BCUT2D eigenvalue weighted by Crippen LogP contribution is 2.19. The van der Waals surface area contributed by atoms with Crippen LogP contribution in [0.15, 0.2) is 24.3 Å². The molecule has 0 aliphatic rings. The number of nitrogens with one attached hydrogen (secondary N) is 1. The smallest absolute Gasteiger partial charge is 0.118 e. The lowest BCUT2D eigenvalue weighted by Gasteiger charge is -2.29. The van der Waals surface area contributed by atoms with Crippen LogP contribution in [0.5, 0.6) is 5.75 Å². The van der Waals surface area contributed by atoms with Gasteiger partial charge in [-0.3, -0.25) is 4.90 Å². The summed E-state index contributed by atoms with van der Waals surface area (Å²) in [5.74, 6) is 0.907.